The molecule has 0 saturated heterocycles. The normalized spacial score (nSPS) is 18.1. The number of fused-ring (bicyclic) bond motifs is 1. The summed E-state index contributed by atoms with van der Waals surface area (Å²) in [6.07, 6.45) is 3.40. The summed E-state index contributed by atoms with van der Waals surface area (Å²) in [5, 5.41) is 12.8. The van der Waals surface area contributed by atoms with Gasteiger partial charge in [0.2, 0.25) is 5.91 Å². The van der Waals surface area contributed by atoms with Crippen molar-refractivity contribution in [1.82, 2.24) is 14.9 Å². The Morgan fingerprint density at radius 1 is 1.21 bits per heavy atom. The van der Waals surface area contributed by atoms with E-state index in [-0.39, 0.29) is 29.9 Å². The lowest BCUT2D eigenvalue weighted by molar-refractivity contribution is -0.147. The molecular weight excluding hydrogens is 502 g/mol. The molecule has 3 heterocycles. The third-order valence-corrected chi connectivity index (χ3v) is 7.80. The van der Waals surface area contributed by atoms with E-state index in [0.29, 0.717) is 46.2 Å². The van der Waals surface area contributed by atoms with Crippen LogP contribution >= 0.6 is 11.3 Å². The number of methoxy groups -OCH3 is 1. The predicted octanol–water partition coefficient (Wildman–Crippen LogP) is 4.69. The number of benzene rings is 1. The Bertz CT molecular complexity index is 1410. The largest absolute Gasteiger partial charge is 0.496 e. The van der Waals surface area contributed by atoms with Crippen molar-refractivity contribution in [2.45, 2.75) is 58.9 Å². The fourth-order valence-electron chi connectivity index (χ4n) is 4.89. The van der Waals surface area contributed by atoms with Crippen molar-refractivity contribution in [1.29, 1.82) is 5.26 Å². The number of amides is 2. The van der Waals surface area contributed by atoms with Crippen molar-refractivity contribution in [2.24, 2.45) is 5.92 Å². The molecule has 38 heavy (non-hydrogen) atoms. The Labute approximate surface area is 225 Å². The molecule has 5 rings (SSSR count). The first kappa shape index (κ1) is 25.8. The minimum absolute atomic E-state index is 0.0101. The Kier molecular flexibility index (Phi) is 7.15. The van der Waals surface area contributed by atoms with E-state index >= 15 is 0 Å². The van der Waals surface area contributed by atoms with E-state index in [1.165, 1.54) is 17.5 Å². The first-order valence-corrected chi connectivity index (χ1v) is 13.4. The van der Waals surface area contributed by atoms with E-state index in [2.05, 4.69) is 21.4 Å². The quantitative estimate of drug-likeness (QED) is 0.470. The van der Waals surface area contributed by atoms with Crippen LogP contribution < -0.4 is 10.1 Å². The molecule has 0 atom stereocenters. The Morgan fingerprint density at radius 2 is 2.00 bits per heavy atom. The van der Waals surface area contributed by atoms with E-state index in [1.807, 2.05) is 25.7 Å². The molecule has 9 nitrogen and oxygen atoms in total. The van der Waals surface area contributed by atoms with Gasteiger partial charge in [-0.05, 0) is 57.9 Å². The summed E-state index contributed by atoms with van der Waals surface area (Å²) in [4.78, 5) is 38.0. The van der Waals surface area contributed by atoms with Gasteiger partial charge in [-0.25, -0.2) is 4.98 Å². The molecule has 1 aliphatic heterocycles. The zero-order chi connectivity index (χ0) is 27.0. The monoisotopic (exact) mass is 531 g/mol. The van der Waals surface area contributed by atoms with Gasteiger partial charge in [0, 0.05) is 28.9 Å². The summed E-state index contributed by atoms with van der Waals surface area (Å²) in [6.45, 7) is 6.81. The second-order valence-electron chi connectivity index (χ2n) is 9.91. The van der Waals surface area contributed by atoms with Gasteiger partial charge in [-0.15, -0.1) is 0 Å². The number of carbonyl (C=O) groups excluding carboxylic acids is 2. The fraction of sp³-hybridized carbons (Fsp3) is 0.393. The number of carbonyl (C=O) groups is 2. The summed E-state index contributed by atoms with van der Waals surface area (Å²) in [5.74, 6) is 0.349. The average Bonchev–Trinajstić information content (AvgIpc) is 3.43. The molecule has 1 N–H and O–H groups in total. The highest BCUT2D eigenvalue weighted by Gasteiger charge is 2.40. The maximum absolute atomic E-state index is 13.3. The zero-order valence-corrected chi connectivity index (χ0v) is 22.6. The van der Waals surface area contributed by atoms with Gasteiger partial charge in [-0.3, -0.25) is 19.9 Å². The van der Waals surface area contributed by atoms with Crippen LogP contribution in [0, 0.1) is 24.2 Å². The molecular formula is C28H29N5O4S. The highest BCUT2D eigenvalue weighted by molar-refractivity contribution is 7.16. The summed E-state index contributed by atoms with van der Waals surface area (Å²) >= 11 is 1.38. The Hall–Kier alpha value is -3.81. The van der Waals surface area contributed by atoms with Gasteiger partial charge in [-0.2, -0.15) is 5.26 Å². The number of nitriles is 1. The molecule has 10 heteroatoms. The first-order chi connectivity index (χ1) is 18.2. The van der Waals surface area contributed by atoms with Gasteiger partial charge in [0.05, 0.1) is 60.2 Å². The van der Waals surface area contributed by atoms with Crippen molar-refractivity contribution in [2.75, 3.05) is 12.4 Å². The van der Waals surface area contributed by atoms with Crippen LogP contribution in [0.2, 0.25) is 0 Å². The average molecular weight is 532 g/mol. The molecule has 0 bridgehead atoms. The summed E-state index contributed by atoms with van der Waals surface area (Å²) in [6, 6.07) is 9.02. The zero-order valence-electron chi connectivity index (χ0n) is 21.8. The van der Waals surface area contributed by atoms with Gasteiger partial charge in [0.1, 0.15) is 5.75 Å². The highest BCUT2D eigenvalue weighted by Crippen LogP contribution is 2.38. The lowest BCUT2D eigenvalue weighted by Crippen LogP contribution is -2.43. The summed E-state index contributed by atoms with van der Waals surface area (Å²) in [7, 11) is 1.55. The van der Waals surface area contributed by atoms with Gasteiger partial charge in [0.25, 0.3) is 5.91 Å². The van der Waals surface area contributed by atoms with Crippen molar-refractivity contribution in [3.8, 4) is 22.9 Å². The third kappa shape index (κ3) is 5.12. The summed E-state index contributed by atoms with van der Waals surface area (Å²) in [5.41, 5.74) is 3.60. The SMILES string of the molecule is COc1ccc(C#N)cc1-c1cc(C)ncc1C(=O)Nc1nc2c(s1)CN(C(=O)[C@H]1C[C@H](OC(C)C)C1)C2. The van der Waals surface area contributed by atoms with E-state index in [4.69, 9.17) is 9.47 Å². The van der Waals surface area contributed by atoms with Crippen molar-refractivity contribution in [3.05, 3.63) is 57.9 Å². The number of nitrogens with zero attached hydrogens (tertiary/aromatic N) is 4. The second-order valence-corrected chi connectivity index (χ2v) is 11.0. The minimum atomic E-state index is -0.358. The van der Waals surface area contributed by atoms with Gasteiger partial charge >= 0.3 is 0 Å². The second kappa shape index (κ2) is 10.5. The molecule has 0 unspecified atom stereocenters. The molecule has 2 aliphatic rings. The van der Waals surface area contributed by atoms with Gasteiger partial charge < -0.3 is 14.4 Å². The smallest absolute Gasteiger partial charge is 0.259 e. The van der Waals surface area contributed by atoms with Gasteiger partial charge in [0.15, 0.2) is 5.13 Å². The number of rotatable bonds is 7. The van der Waals surface area contributed by atoms with Crippen LogP contribution in [-0.2, 0) is 22.6 Å². The molecule has 3 aromatic rings. The molecule has 1 fully saturated rings. The predicted molar refractivity (Wildman–Crippen MR) is 143 cm³/mol. The van der Waals surface area contributed by atoms with Crippen molar-refractivity contribution in [3.63, 3.8) is 0 Å². The molecule has 2 amide bonds. The maximum Gasteiger partial charge on any atom is 0.259 e. The molecule has 196 valence electrons. The number of nitrogens with one attached hydrogen (secondary N) is 1. The van der Waals surface area contributed by atoms with Crippen LogP contribution in [0.4, 0.5) is 5.13 Å². The topological polar surface area (TPSA) is 117 Å². The number of pyridine rings is 1. The van der Waals surface area contributed by atoms with Crippen LogP contribution in [0.3, 0.4) is 0 Å². The Balaban J connectivity index is 1.29. The third-order valence-electron chi connectivity index (χ3n) is 6.80. The number of ether oxygens (including phenoxy) is 2. The number of thiazole rings is 1. The number of aryl methyl sites for hydroxylation is 1. The van der Waals surface area contributed by atoms with Crippen LogP contribution in [0.1, 0.15) is 58.9 Å². The molecule has 0 spiro atoms. The van der Waals surface area contributed by atoms with E-state index in [9.17, 15) is 14.9 Å². The molecule has 1 aromatic carbocycles. The standard InChI is InChI=1S/C28H29N5O4S/c1-15(2)37-19-9-18(10-19)27(35)33-13-23-25(14-33)38-28(31-23)32-26(34)22-12-30-16(3)7-20(22)21-8-17(11-29)5-6-24(21)36-4/h5-8,12,15,18-19H,9-10,13-14H2,1-4H3,(H,31,32,34)/t18-,19-. The maximum atomic E-state index is 13.3. The van der Waals surface area contributed by atoms with Crippen LogP contribution in [-0.4, -0.2) is 46.0 Å². The molecule has 0 radical (unpaired) electrons. The summed E-state index contributed by atoms with van der Waals surface area (Å²) < 4.78 is 11.3. The number of hydrogen-bond donors (Lipinski definition) is 1. The number of anilines is 1. The lowest BCUT2D eigenvalue weighted by atomic mass is 9.81. The van der Waals surface area contributed by atoms with Crippen LogP contribution in [0.5, 0.6) is 5.75 Å². The number of aromatic nitrogens is 2. The fourth-order valence-corrected chi connectivity index (χ4v) is 5.87. The molecule has 2 aromatic heterocycles. The Morgan fingerprint density at radius 3 is 2.68 bits per heavy atom. The van der Waals surface area contributed by atoms with E-state index in [1.54, 1.807) is 31.4 Å². The first-order valence-electron chi connectivity index (χ1n) is 12.5. The van der Waals surface area contributed by atoms with Crippen molar-refractivity contribution >= 4 is 28.3 Å². The van der Waals surface area contributed by atoms with Gasteiger partial charge in [-0.1, -0.05) is 11.3 Å². The van der Waals surface area contributed by atoms with E-state index < -0.39 is 0 Å². The van der Waals surface area contributed by atoms with Crippen molar-refractivity contribution < 1.29 is 19.1 Å². The molecule has 1 saturated carbocycles. The van der Waals surface area contributed by atoms with Crippen LogP contribution in [0.25, 0.3) is 11.1 Å². The highest BCUT2D eigenvalue weighted by atomic mass is 32.1. The van der Waals surface area contributed by atoms with Crippen LogP contribution in [0.15, 0.2) is 30.5 Å². The lowest BCUT2D eigenvalue weighted by Gasteiger charge is -2.37. The molecule has 1 aliphatic carbocycles. The number of hydrogen-bond acceptors (Lipinski definition) is 8. The van der Waals surface area contributed by atoms with E-state index in [0.717, 1.165) is 29.1 Å². The minimum Gasteiger partial charge on any atom is -0.496 e.